The van der Waals surface area contributed by atoms with Crippen LogP contribution in [0.15, 0.2) is 18.2 Å². The van der Waals surface area contributed by atoms with Gasteiger partial charge in [0.25, 0.3) is 0 Å². The molecule has 134 valence electrons. The monoisotopic (exact) mass is 337 g/mol. The summed E-state index contributed by atoms with van der Waals surface area (Å²) in [5, 5.41) is 2.71. The van der Waals surface area contributed by atoms with E-state index in [1.165, 1.54) is 0 Å². The Morgan fingerprint density at radius 2 is 1.67 bits per heavy atom. The van der Waals surface area contributed by atoms with Crippen molar-refractivity contribution in [3.8, 4) is 17.2 Å². The lowest BCUT2D eigenvalue weighted by Crippen LogP contribution is -2.32. The minimum atomic E-state index is -0.490. The van der Waals surface area contributed by atoms with E-state index in [1.807, 2.05) is 45.1 Å². The summed E-state index contributed by atoms with van der Waals surface area (Å²) in [6.45, 7) is 5.99. The van der Waals surface area contributed by atoms with E-state index in [0.29, 0.717) is 30.2 Å². The van der Waals surface area contributed by atoms with Gasteiger partial charge in [0, 0.05) is 6.54 Å². The lowest BCUT2D eigenvalue weighted by atomic mass is 10.1. The number of benzene rings is 1. The van der Waals surface area contributed by atoms with E-state index in [9.17, 15) is 4.79 Å². The second-order valence-corrected chi connectivity index (χ2v) is 6.08. The zero-order chi connectivity index (χ0) is 18.2. The van der Waals surface area contributed by atoms with Crippen molar-refractivity contribution in [1.29, 1.82) is 0 Å². The van der Waals surface area contributed by atoms with Crippen LogP contribution < -0.4 is 19.5 Å². The van der Waals surface area contributed by atoms with Crippen molar-refractivity contribution in [2.45, 2.75) is 32.8 Å². The van der Waals surface area contributed by atoms with Crippen LogP contribution >= 0.6 is 0 Å². The predicted molar refractivity (Wildman–Crippen MR) is 94.0 cm³/mol. The van der Waals surface area contributed by atoms with Gasteiger partial charge in [-0.15, -0.1) is 0 Å². The molecule has 6 nitrogen and oxygen atoms in total. The van der Waals surface area contributed by atoms with Crippen LogP contribution in [-0.2, 0) is 4.74 Å². The zero-order valence-electron chi connectivity index (χ0n) is 15.3. The molecule has 1 N–H and O–H groups in total. The maximum absolute atomic E-state index is 11.5. The summed E-state index contributed by atoms with van der Waals surface area (Å²) in [6.07, 6.45) is 4.15. The smallest absolute Gasteiger partial charge is 0.407 e. The molecule has 0 aliphatic carbocycles. The van der Waals surface area contributed by atoms with Crippen LogP contribution in [-0.4, -0.2) is 39.6 Å². The molecule has 1 rings (SSSR count). The third-order valence-corrected chi connectivity index (χ3v) is 2.98. The zero-order valence-corrected chi connectivity index (χ0v) is 15.3. The number of hydrogen-bond donors (Lipinski definition) is 1. The van der Waals surface area contributed by atoms with Gasteiger partial charge in [0.2, 0.25) is 5.75 Å². The van der Waals surface area contributed by atoms with Gasteiger partial charge in [0.15, 0.2) is 11.5 Å². The molecule has 0 aliphatic rings. The van der Waals surface area contributed by atoms with E-state index in [1.54, 1.807) is 21.3 Å². The highest BCUT2D eigenvalue weighted by Crippen LogP contribution is 2.38. The Morgan fingerprint density at radius 1 is 1.08 bits per heavy atom. The molecule has 1 aromatic carbocycles. The van der Waals surface area contributed by atoms with E-state index in [0.717, 1.165) is 5.56 Å². The summed E-state index contributed by atoms with van der Waals surface area (Å²) in [7, 11) is 4.73. The average molecular weight is 337 g/mol. The molecule has 0 aromatic heterocycles. The minimum Gasteiger partial charge on any atom is -0.493 e. The molecule has 0 saturated heterocycles. The molecular weight excluding hydrogens is 310 g/mol. The van der Waals surface area contributed by atoms with Crippen molar-refractivity contribution in [3.63, 3.8) is 0 Å². The minimum absolute atomic E-state index is 0.413. The van der Waals surface area contributed by atoms with E-state index < -0.39 is 11.7 Å². The molecule has 0 radical (unpaired) electrons. The summed E-state index contributed by atoms with van der Waals surface area (Å²) >= 11 is 0. The molecule has 0 fully saturated rings. The molecule has 1 amide bonds. The van der Waals surface area contributed by atoms with Gasteiger partial charge in [-0.2, -0.15) is 0 Å². The molecule has 0 bridgehead atoms. The van der Waals surface area contributed by atoms with Crippen molar-refractivity contribution in [2.24, 2.45) is 0 Å². The quantitative estimate of drug-likeness (QED) is 0.770. The van der Waals surface area contributed by atoms with Gasteiger partial charge in [-0.3, -0.25) is 0 Å². The number of amides is 1. The first-order valence-corrected chi connectivity index (χ1v) is 7.74. The Morgan fingerprint density at radius 3 is 2.12 bits per heavy atom. The summed E-state index contributed by atoms with van der Waals surface area (Å²) in [5.41, 5.74) is 0.428. The molecule has 0 saturated carbocycles. The van der Waals surface area contributed by atoms with Crippen LogP contribution in [0.5, 0.6) is 17.2 Å². The highest BCUT2D eigenvalue weighted by molar-refractivity contribution is 5.67. The third-order valence-electron chi connectivity index (χ3n) is 2.98. The maximum Gasteiger partial charge on any atom is 0.407 e. The molecule has 1 aromatic rings. The fraction of sp³-hybridized carbons (Fsp3) is 0.500. The Kier molecular flexibility index (Phi) is 7.42. The highest BCUT2D eigenvalue weighted by Gasteiger charge is 2.15. The summed E-state index contributed by atoms with van der Waals surface area (Å²) < 4.78 is 21.1. The van der Waals surface area contributed by atoms with Crippen molar-refractivity contribution in [3.05, 3.63) is 23.8 Å². The van der Waals surface area contributed by atoms with Gasteiger partial charge in [-0.1, -0.05) is 12.2 Å². The Balaban J connectivity index is 2.60. The standard InChI is InChI=1S/C18H27NO5/c1-18(2,3)24-17(20)19-10-8-7-9-13-11-14(21-4)16(23-6)15(12-13)22-5/h7,9,11-12H,8,10H2,1-6H3,(H,19,20). The van der Waals surface area contributed by atoms with E-state index in [2.05, 4.69) is 5.32 Å². The van der Waals surface area contributed by atoms with Crippen molar-refractivity contribution < 1.29 is 23.7 Å². The Hall–Kier alpha value is -2.37. The van der Waals surface area contributed by atoms with Crippen LogP contribution in [0, 0.1) is 0 Å². The Labute approximate surface area is 143 Å². The molecule has 0 heterocycles. The van der Waals surface area contributed by atoms with Gasteiger partial charge < -0.3 is 24.3 Å². The molecule has 0 atom stereocenters. The van der Waals surface area contributed by atoms with Crippen LogP contribution in [0.1, 0.15) is 32.8 Å². The fourth-order valence-electron chi connectivity index (χ4n) is 1.99. The maximum atomic E-state index is 11.5. The predicted octanol–water partition coefficient (Wildman–Crippen LogP) is 3.64. The molecule has 0 aliphatic heterocycles. The lowest BCUT2D eigenvalue weighted by molar-refractivity contribution is 0.0529. The van der Waals surface area contributed by atoms with E-state index in [-0.39, 0.29) is 0 Å². The topological polar surface area (TPSA) is 66.0 Å². The van der Waals surface area contributed by atoms with Gasteiger partial charge in [-0.25, -0.2) is 4.79 Å². The third kappa shape index (κ3) is 6.40. The van der Waals surface area contributed by atoms with Gasteiger partial charge in [-0.05, 0) is 44.9 Å². The van der Waals surface area contributed by atoms with E-state index >= 15 is 0 Å². The van der Waals surface area contributed by atoms with Crippen molar-refractivity contribution >= 4 is 12.2 Å². The number of methoxy groups -OCH3 is 3. The average Bonchev–Trinajstić information content (AvgIpc) is 2.51. The Bertz CT molecular complexity index is 550. The number of alkyl carbamates (subject to hydrolysis) is 1. The van der Waals surface area contributed by atoms with Crippen LogP contribution in [0.2, 0.25) is 0 Å². The van der Waals surface area contributed by atoms with Gasteiger partial charge in [0.05, 0.1) is 21.3 Å². The number of nitrogens with one attached hydrogen (secondary N) is 1. The van der Waals surface area contributed by atoms with Crippen LogP contribution in [0.25, 0.3) is 6.08 Å². The van der Waals surface area contributed by atoms with Crippen molar-refractivity contribution in [2.75, 3.05) is 27.9 Å². The normalized spacial score (nSPS) is 11.2. The first-order valence-electron chi connectivity index (χ1n) is 7.74. The largest absolute Gasteiger partial charge is 0.493 e. The highest BCUT2D eigenvalue weighted by atomic mass is 16.6. The van der Waals surface area contributed by atoms with Gasteiger partial charge >= 0.3 is 6.09 Å². The number of carbonyl (C=O) groups excluding carboxylic acids is 1. The van der Waals surface area contributed by atoms with Gasteiger partial charge in [0.1, 0.15) is 5.60 Å². The summed E-state index contributed by atoms with van der Waals surface area (Å²) in [4.78, 5) is 11.5. The lowest BCUT2D eigenvalue weighted by Gasteiger charge is -2.19. The second-order valence-electron chi connectivity index (χ2n) is 6.08. The number of ether oxygens (including phenoxy) is 4. The molecule has 0 unspecified atom stereocenters. The van der Waals surface area contributed by atoms with E-state index in [4.69, 9.17) is 18.9 Å². The summed E-state index contributed by atoms with van der Waals surface area (Å²) in [6, 6.07) is 3.72. The molecule has 24 heavy (non-hydrogen) atoms. The second kappa shape index (κ2) is 9.05. The summed E-state index contributed by atoms with van der Waals surface area (Å²) in [5.74, 6) is 1.76. The number of hydrogen-bond acceptors (Lipinski definition) is 5. The molecule has 6 heteroatoms. The van der Waals surface area contributed by atoms with Crippen LogP contribution in [0.4, 0.5) is 4.79 Å². The SMILES string of the molecule is COc1cc(C=CCCNC(=O)OC(C)(C)C)cc(OC)c1OC. The molecule has 0 spiro atoms. The first kappa shape index (κ1) is 19.7. The molecular formula is C18H27NO5. The fourth-order valence-corrected chi connectivity index (χ4v) is 1.99. The van der Waals surface area contributed by atoms with Crippen molar-refractivity contribution in [1.82, 2.24) is 5.32 Å². The van der Waals surface area contributed by atoms with Crippen LogP contribution in [0.3, 0.4) is 0 Å². The number of carbonyl (C=O) groups is 1. The number of rotatable bonds is 7. The first-order chi connectivity index (χ1) is 11.3.